The number of pyridine rings is 1. The van der Waals surface area contributed by atoms with Crippen LogP contribution >= 0.6 is 12.4 Å². The lowest BCUT2D eigenvalue weighted by molar-refractivity contribution is 0.0582. The summed E-state index contributed by atoms with van der Waals surface area (Å²) >= 11 is 0. The number of nitrogens with one attached hydrogen (secondary N) is 1. The number of aromatic nitrogens is 1. The van der Waals surface area contributed by atoms with Crippen LogP contribution in [0.2, 0.25) is 0 Å². The quantitative estimate of drug-likeness (QED) is 0.821. The number of nitrogens with zero attached hydrogens (tertiary/aromatic N) is 1. The van der Waals surface area contributed by atoms with Gasteiger partial charge in [-0.3, -0.25) is 14.4 Å². The van der Waals surface area contributed by atoms with Crippen LogP contribution < -0.4 is 11.3 Å². The van der Waals surface area contributed by atoms with Crippen molar-refractivity contribution in [1.29, 1.82) is 0 Å². The van der Waals surface area contributed by atoms with Crippen molar-refractivity contribution in [3.8, 4) is 0 Å². The van der Waals surface area contributed by atoms with Gasteiger partial charge in [0.05, 0.1) is 0 Å². The van der Waals surface area contributed by atoms with Crippen LogP contribution in [0.15, 0.2) is 10.9 Å². The smallest absolute Gasteiger partial charge is 0.261 e. The molecule has 1 amide bonds. The van der Waals surface area contributed by atoms with Crippen LogP contribution in [0.4, 0.5) is 0 Å². The van der Waals surface area contributed by atoms with Crippen LogP contribution in [0.5, 0.6) is 0 Å². The van der Waals surface area contributed by atoms with Gasteiger partial charge in [-0.1, -0.05) is 13.8 Å². The number of piperidine rings is 1. The Morgan fingerprint density at radius 1 is 1.31 bits per heavy atom. The maximum absolute atomic E-state index is 13.0. The second kappa shape index (κ2) is 7.53. The molecule has 7 heteroatoms. The van der Waals surface area contributed by atoms with Crippen LogP contribution in [0.3, 0.4) is 0 Å². The zero-order valence-corrected chi connectivity index (χ0v) is 16.4. The van der Waals surface area contributed by atoms with Crippen molar-refractivity contribution >= 4 is 24.1 Å². The first-order valence-corrected chi connectivity index (χ1v) is 9.05. The van der Waals surface area contributed by atoms with E-state index in [0.717, 1.165) is 19.3 Å². The van der Waals surface area contributed by atoms with E-state index in [0.29, 0.717) is 30.6 Å². The molecule has 2 unspecified atom stereocenters. The van der Waals surface area contributed by atoms with Gasteiger partial charge in [0.15, 0.2) is 5.78 Å². The SMILES string of the molecule is CC(N)C1CCCCN1C(=O)c1cc2c([nH]c1=O)CC(C)(C)CC2=O.Cl. The number of carbonyl (C=O) groups is 2. The molecule has 0 aromatic carbocycles. The summed E-state index contributed by atoms with van der Waals surface area (Å²) in [6, 6.07) is 1.29. The number of ketones is 1. The second-order valence-corrected chi connectivity index (χ2v) is 8.27. The standard InChI is InChI=1S/C19H27N3O3.ClH/c1-11(20)15-6-4-5-7-22(15)18(25)13-8-12-14(21-17(13)24)9-19(2,3)10-16(12)23;/h8,11,15H,4-7,9-10,20H2,1-3H3,(H,21,24);1H. The Balaban J connectivity index is 0.00000243. The monoisotopic (exact) mass is 381 g/mol. The Kier molecular flexibility index (Phi) is 5.98. The van der Waals surface area contributed by atoms with Gasteiger partial charge in [0.1, 0.15) is 5.56 Å². The largest absolute Gasteiger partial charge is 0.334 e. The summed E-state index contributed by atoms with van der Waals surface area (Å²) < 4.78 is 0. The highest BCUT2D eigenvalue weighted by molar-refractivity contribution is 6.02. The molecule has 0 saturated carbocycles. The van der Waals surface area contributed by atoms with E-state index in [2.05, 4.69) is 4.98 Å². The van der Waals surface area contributed by atoms with E-state index in [1.54, 1.807) is 4.90 Å². The number of likely N-dealkylation sites (tertiary alicyclic amines) is 1. The molecule has 1 saturated heterocycles. The summed E-state index contributed by atoms with van der Waals surface area (Å²) in [5.74, 6) is -0.331. The fourth-order valence-corrected chi connectivity index (χ4v) is 4.10. The van der Waals surface area contributed by atoms with Crippen molar-refractivity contribution in [1.82, 2.24) is 9.88 Å². The molecule has 2 aliphatic rings. The molecule has 6 nitrogen and oxygen atoms in total. The number of hydrogen-bond acceptors (Lipinski definition) is 4. The molecule has 3 N–H and O–H groups in total. The van der Waals surface area contributed by atoms with E-state index in [9.17, 15) is 14.4 Å². The van der Waals surface area contributed by atoms with E-state index < -0.39 is 5.56 Å². The molecule has 1 fully saturated rings. The van der Waals surface area contributed by atoms with Gasteiger partial charge >= 0.3 is 0 Å². The Morgan fingerprint density at radius 2 is 2.00 bits per heavy atom. The van der Waals surface area contributed by atoms with E-state index in [1.165, 1.54) is 6.07 Å². The topological polar surface area (TPSA) is 96.3 Å². The number of nitrogens with two attached hydrogens (primary N) is 1. The molecule has 2 atom stereocenters. The molecular formula is C19H28ClN3O3. The molecule has 3 rings (SSSR count). The van der Waals surface area contributed by atoms with Crippen LogP contribution in [0, 0.1) is 5.41 Å². The summed E-state index contributed by atoms with van der Waals surface area (Å²) in [6.07, 6.45) is 3.84. The Labute approximate surface area is 159 Å². The minimum absolute atomic E-state index is 0. The number of H-pyrrole nitrogens is 1. The predicted octanol–water partition coefficient (Wildman–Crippen LogP) is 2.29. The summed E-state index contributed by atoms with van der Waals surface area (Å²) in [5.41, 5.74) is 6.63. The molecule has 26 heavy (non-hydrogen) atoms. The zero-order chi connectivity index (χ0) is 18.4. The summed E-state index contributed by atoms with van der Waals surface area (Å²) in [4.78, 5) is 42.5. The molecule has 1 aromatic rings. The van der Waals surface area contributed by atoms with Crippen LogP contribution in [0.25, 0.3) is 0 Å². The second-order valence-electron chi connectivity index (χ2n) is 8.27. The maximum atomic E-state index is 13.0. The number of Topliss-reactive ketones (excluding diaryl/α,β-unsaturated/α-hetero) is 1. The number of aromatic amines is 1. The van der Waals surface area contributed by atoms with Gasteiger partial charge in [0, 0.05) is 36.3 Å². The Hall–Kier alpha value is -1.66. The Bertz CT molecular complexity index is 770. The molecule has 0 bridgehead atoms. The van der Waals surface area contributed by atoms with Gasteiger partial charge in [-0.15, -0.1) is 12.4 Å². The van der Waals surface area contributed by atoms with Gasteiger partial charge < -0.3 is 15.6 Å². The zero-order valence-electron chi connectivity index (χ0n) is 15.6. The third kappa shape index (κ3) is 3.86. The van der Waals surface area contributed by atoms with Crippen molar-refractivity contribution < 1.29 is 9.59 Å². The number of hydrogen-bond donors (Lipinski definition) is 2. The highest BCUT2D eigenvalue weighted by atomic mass is 35.5. The van der Waals surface area contributed by atoms with E-state index >= 15 is 0 Å². The molecule has 1 aliphatic heterocycles. The summed E-state index contributed by atoms with van der Waals surface area (Å²) in [5, 5.41) is 0. The Morgan fingerprint density at radius 3 is 2.65 bits per heavy atom. The van der Waals surface area contributed by atoms with E-state index in [1.807, 2.05) is 20.8 Å². The first kappa shape index (κ1) is 20.6. The van der Waals surface area contributed by atoms with Crippen molar-refractivity contribution in [2.24, 2.45) is 11.1 Å². The van der Waals surface area contributed by atoms with Gasteiger partial charge in [0.2, 0.25) is 0 Å². The minimum Gasteiger partial charge on any atom is -0.334 e. The van der Waals surface area contributed by atoms with Gasteiger partial charge in [-0.05, 0) is 44.1 Å². The van der Waals surface area contributed by atoms with Crippen molar-refractivity contribution in [3.63, 3.8) is 0 Å². The fourth-order valence-electron chi connectivity index (χ4n) is 4.10. The molecule has 144 valence electrons. The number of carbonyl (C=O) groups excluding carboxylic acids is 2. The van der Waals surface area contributed by atoms with Gasteiger partial charge in [-0.2, -0.15) is 0 Å². The third-order valence-electron chi connectivity index (χ3n) is 5.37. The first-order chi connectivity index (χ1) is 11.7. The van der Waals surface area contributed by atoms with E-state index in [-0.39, 0.29) is 47.2 Å². The van der Waals surface area contributed by atoms with Crippen LogP contribution in [-0.2, 0) is 6.42 Å². The first-order valence-electron chi connectivity index (χ1n) is 9.05. The molecular weight excluding hydrogens is 354 g/mol. The molecule has 2 heterocycles. The van der Waals surface area contributed by atoms with E-state index in [4.69, 9.17) is 5.73 Å². The lowest BCUT2D eigenvalue weighted by Crippen LogP contribution is -2.52. The highest BCUT2D eigenvalue weighted by Gasteiger charge is 2.35. The third-order valence-corrected chi connectivity index (χ3v) is 5.37. The molecule has 1 aliphatic carbocycles. The summed E-state index contributed by atoms with van der Waals surface area (Å²) in [6.45, 7) is 6.50. The lowest BCUT2D eigenvalue weighted by atomic mass is 9.75. The van der Waals surface area contributed by atoms with Crippen molar-refractivity contribution in [2.45, 2.75) is 65.0 Å². The molecule has 0 radical (unpaired) electrons. The minimum atomic E-state index is -0.414. The van der Waals surface area contributed by atoms with Crippen LogP contribution in [-0.4, -0.2) is 40.2 Å². The predicted molar refractivity (Wildman–Crippen MR) is 103 cm³/mol. The number of fused-ring (bicyclic) bond motifs is 1. The highest BCUT2D eigenvalue weighted by Crippen LogP contribution is 2.33. The maximum Gasteiger partial charge on any atom is 0.261 e. The number of halogens is 1. The number of rotatable bonds is 2. The average Bonchev–Trinajstić information content (AvgIpc) is 2.52. The van der Waals surface area contributed by atoms with Crippen LogP contribution in [0.1, 0.15) is 72.9 Å². The van der Waals surface area contributed by atoms with Crippen molar-refractivity contribution in [2.75, 3.05) is 6.54 Å². The van der Waals surface area contributed by atoms with Gasteiger partial charge in [0.25, 0.3) is 11.5 Å². The van der Waals surface area contributed by atoms with Crippen molar-refractivity contribution in [3.05, 3.63) is 33.2 Å². The molecule has 1 aromatic heterocycles. The molecule has 0 spiro atoms. The number of amides is 1. The summed E-state index contributed by atoms with van der Waals surface area (Å²) in [7, 11) is 0. The lowest BCUT2D eigenvalue weighted by Gasteiger charge is -2.38. The fraction of sp³-hybridized carbons (Fsp3) is 0.632. The normalized spacial score (nSPS) is 23.0. The van der Waals surface area contributed by atoms with Gasteiger partial charge in [-0.25, -0.2) is 0 Å². The average molecular weight is 382 g/mol.